The molecule has 1 fully saturated rings. The van der Waals surface area contributed by atoms with Crippen molar-refractivity contribution in [2.75, 3.05) is 26.2 Å². The van der Waals surface area contributed by atoms with Gasteiger partial charge in [-0.25, -0.2) is 9.71 Å². The summed E-state index contributed by atoms with van der Waals surface area (Å²) < 4.78 is 13.3. The third kappa shape index (κ3) is 2.15. The van der Waals surface area contributed by atoms with Crippen LogP contribution in [0.4, 0.5) is 4.39 Å². The molecule has 0 bridgehead atoms. The Bertz CT molecular complexity index is 361. The van der Waals surface area contributed by atoms with E-state index in [-0.39, 0.29) is 11.5 Å². The van der Waals surface area contributed by atoms with Crippen molar-refractivity contribution in [1.29, 1.82) is 0 Å². The Morgan fingerprint density at radius 3 is 2.60 bits per heavy atom. The molecular formula is C11H12FN2O. The van der Waals surface area contributed by atoms with Gasteiger partial charge in [-0.15, -0.1) is 0 Å². The lowest BCUT2D eigenvalue weighted by atomic mass is 10.1. The van der Waals surface area contributed by atoms with Crippen molar-refractivity contribution in [3.8, 4) is 0 Å². The van der Waals surface area contributed by atoms with E-state index >= 15 is 0 Å². The zero-order valence-electron chi connectivity index (χ0n) is 8.32. The highest BCUT2D eigenvalue weighted by Crippen LogP contribution is 2.10. The first-order chi connectivity index (χ1) is 7.29. The van der Waals surface area contributed by atoms with E-state index in [1.54, 1.807) is 17.0 Å². The normalized spacial score (nSPS) is 16.5. The number of amides is 1. The summed E-state index contributed by atoms with van der Waals surface area (Å²) >= 11 is 0. The molecule has 0 spiro atoms. The molecule has 1 radical (unpaired) electrons. The van der Waals surface area contributed by atoms with E-state index in [1.807, 2.05) is 0 Å². The number of hydrogen-bond acceptors (Lipinski definition) is 1. The van der Waals surface area contributed by atoms with Crippen LogP contribution in [0, 0.1) is 5.82 Å². The Balaban J connectivity index is 2.16. The van der Waals surface area contributed by atoms with E-state index in [2.05, 4.69) is 5.32 Å². The molecule has 2 rings (SSSR count). The molecule has 1 aliphatic rings. The summed E-state index contributed by atoms with van der Waals surface area (Å²) in [6.45, 7) is 2.49. The number of hydrogen-bond donors (Lipinski definition) is 0. The standard InChI is InChI=1S/C11H12FN2O/c12-10-4-2-1-3-9(10)11(15)14-7-5-13-6-8-14/h1-4H,5-8H2. The van der Waals surface area contributed by atoms with Gasteiger partial charge in [-0.05, 0) is 12.1 Å². The summed E-state index contributed by atoms with van der Waals surface area (Å²) in [7, 11) is 0. The maximum atomic E-state index is 13.3. The maximum absolute atomic E-state index is 13.3. The zero-order chi connectivity index (χ0) is 10.7. The first kappa shape index (κ1) is 10.1. The minimum atomic E-state index is -0.454. The minimum Gasteiger partial charge on any atom is -0.336 e. The van der Waals surface area contributed by atoms with Gasteiger partial charge in [0.1, 0.15) is 5.82 Å². The molecule has 1 aliphatic heterocycles. The van der Waals surface area contributed by atoms with E-state index in [0.29, 0.717) is 26.2 Å². The Kier molecular flexibility index (Phi) is 2.97. The Morgan fingerprint density at radius 1 is 1.27 bits per heavy atom. The molecule has 1 saturated heterocycles. The van der Waals surface area contributed by atoms with Crippen LogP contribution in [0.15, 0.2) is 24.3 Å². The van der Waals surface area contributed by atoms with Gasteiger partial charge in [0.15, 0.2) is 0 Å². The van der Waals surface area contributed by atoms with E-state index in [1.165, 1.54) is 12.1 Å². The van der Waals surface area contributed by atoms with Crippen LogP contribution in [0.1, 0.15) is 10.4 Å². The molecule has 0 saturated carbocycles. The van der Waals surface area contributed by atoms with Crippen LogP contribution in [0.2, 0.25) is 0 Å². The largest absolute Gasteiger partial charge is 0.336 e. The highest BCUT2D eigenvalue weighted by Gasteiger charge is 2.20. The lowest BCUT2D eigenvalue weighted by molar-refractivity contribution is 0.0729. The fourth-order valence-electron chi connectivity index (χ4n) is 1.61. The molecule has 15 heavy (non-hydrogen) atoms. The smallest absolute Gasteiger partial charge is 0.256 e. The molecule has 0 N–H and O–H groups in total. The topological polar surface area (TPSA) is 34.4 Å². The van der Waals surface area contributed by atoms with Gasteiger partial charge in [-0.3, -0.25) is 4.79 Å². The number of halogens is 1. The predicted molar refractivity (Wildman–Crippen MR) is 54.2 cm³/mol. The maximum Gasteiger partial charge on any atom is 0.256 e. The van der Waals surface area contributed by atoms with E-state index in [9.17, 15) is 9.18 Å². The number of carbonyl (C=O) groups is 1. The van der Waals surface area contributed by atoms with E-state index < -0.39 is 5.82 Å². The summed E-state index contributed by atoms with van der Waals surface area (Å²) in [6, 6.07) is 6.08. The highest BCUT2D eigenvalue weighted by atomic mass is 19.1. The molecule has 0 unspecified atom stereocenters. The van der Waals surface area contributed by atoms with Crippen molar-refractivity contribution in [1.82, 2.24) is 10.2 Å². The van der Waals surface area contributed by atoms with Crippen molar-refractivity contribution in [3.63, 3.8) is 0 Å². The average molecular weight is 207 g/mol. The van der Waals surface area contributed by atoms with E-state index in [4.69, 9.17) is 0 Å². The van der Waals surface area contributed by atoms with Crippen LogP contribution >= 0.6 is 0 Å². The lowest BCUT2D eigenvalue weighted by Gasteiger charge is -2.26. The average Bonchev–Trinajstić information content (AvgIpc) is 2.30. The van der Waals surface area contributed by atoms with Gasteiger partial charge >= 0.3 is 0 Å². The molecule has 79 valence electrons. The molecule has 0 aromatic heterocycles. The van der Waals surface area contributed by atoms with Crippen molar-refractivity contribution < 1.29 is 9.18 Å². The van der Waals surface area contributed by atoms with E-state index in [0.717, 1.165) is 0 Å². The summed E-state index contributed by atoms with van der Waals surface area (Å²) in [5, 5.41) is 4.14. The van der Waals surface area contributed by atoms with Gasteiger partial charge in [0.25, 0.3) is 5.91 Å². The third-order valence-electron chi connectivity index (χ3n) is 2.45. The van der Waals surface area contributed by atoms with Crippen molar-refractivity contribution >= 4 is 5.91 Å². The first-order valence-electron chi connectivity index (χ1n) is 4.96. The van der Waals surface area contributed by atoms with Gasteiger partial charge in [0, 0.05) is 26.2 Å². The Morgan fingerprint density at radius 2 is 1.93 bits per heavy atom. The summed E-state index contributed by atoms with van der Waals surface area (Å²) in [5.74, 6) is -0.687. The Labute approximate surface area is 87.9 Å². The van der Waals surface area contributed by atoms with Gasteiger partial charge < -0.3 is 4.90 Å². The molecule has 0 atom stereocenters. The van der Waals surface area contributed by atoms with Crippen LogP contribution in [-0.4, -0.2) is 37.0 Å². The first-order valence-corrected chi connectivity index (χ1v) is 4.96. The van der Waals surface area contributed by atoms with Crippen molar-refractivity contribution in [2.45, 2.75) is 0 Å². The van der Waals surface area contributed by atoms with Gasteiger partial charge in [0.2, 0.25) is 0 Å². The van der Waals surface area contributed by atoms with Crippen LogP contribution in [0.5, 0.6) is 0 Å². The van der Waals surface area contributed by atoms with Gasteiger partial charge in [-0.2, -0.15) is 0 Å². The number of rotatable bonds is 1. The van der Waals surface area contributed by atoms with Gasteiger partial charge in [0.05, 0.1) is 5.56 Å². The number of nitrogens with zero attached hydrogens (tertiary/aromatic N) is 2. The predicted octanol–water partition coefficient (Wildman–Crippen LogP) is 0.886. The molecular weight excluding hydrogens is 195 g/mol. The summed E-state index contributed by atoms with van der Waals surface area (Å²) in [4.78, 5) is 13.5. The van der Waals surface area contributed by atoms with Gasteiger partial charge in [-0.1, -0.05) is 12.1 Å². The monoisotopic (exact) mass is 207 g/mol. The molecule has 1 aromatic carbocycles. The summed E-state index contributed by atoms with van der Waals surface area (Å²) in [6.07, 6.45) is 0. The van der Waals surface area contributed by atoms with Crippen molar-refractivity contribution in [2.24, 2.45) is 0 Å². The van der Waals surface area contributed by atoms with Crippen LogP contribution < -0.4 is 5.32 Å². The quantitative estimate of drug-likeness (QED) is 0.673. The number of benzene rings is 1. The second-order valence-electron chi connectivity index (χ2n) is 3.44. The SMILES string of the molecule is O=C(c1ccccc1F)N1CC[N]CC1. The zero-order valence-corrected chi connectivity index (χ0v) is 8.32. The number of piperazine rings is 1. The lowest BCUT2D eigenvalue weighted by Crippen LogP contribution is -2.44. The highest BCUT2D eigenvalue weighted by molar-refractivity contribution is 5.94. The molecule has 3 nitrogen and oxygen atoms in total. The number of carbonyl (C=O) groups excluding carboxylic acids is 1. The Hall–Kier alpha value is -1.42. The molecule has 4 heteroatoms. The fraction of sp³-hybridized carbons (Fsp3) is 0.364. The second kappa shape index (κ2) is 4.40. The third-order valence-corrected chi connectivity index (χ3v) is 2.45. The second-order valence-corrected chi connectivity index (χ2v) is 3.44. The molecule has 0 aliphatic carbocycles. The molecule has 1 heterocycles. The summed E-state index contributed by atoms with van der Waals surface area (Å²) in [5.41, 5.74) is 0.152. The van der Waals surface area contributed by atoms with Crippen LogP contribution in [0.25, 0.3) is 0 Å². The van der Waals surface area contributed by atoms with Crippen LogP contribution in [0.3, 0.4) is 0 Å². The van der Waals surface area contributed by atoms with Crippen LogP contribution in [-0.2, 0) is 0 Å². The fourth-order valence-corrected chi connectivity index (χ4v) is 1.61. The molecule has 1 aromatic rings. The van der Waals surface area contributed by atoms with Crippen molar-refractivity contribution in [3.05, 3.63) is 35.6 Å². The molecule has 1 amide bonds. The minimum absolute atomic E-state index is 0.152.